The molecule has 10 rings (SSSR count). The lowest BCUT2D eigenvalue weighted by molar-refractivity contribution is -0.0657. The molecule has 16 heteroatoms. The first-order valence-corrected chi connectivity index (χ1v) is 24.9. The first-order chi connectivity index (χ1) is 33.3. The molecule has 4 aliphatic carbocycles. The fourth-order valence-electron chi connectivity index (χ4n) is 9.65. The van der Waals surface area contributed by atoms with E-state index in [1.807, 2.05) is 0 Å². The molecular weight excluding hydrogens is 970 g/mol. The third-order valence-corrected chi connectivity index (χ3v) is 15.1. The molecule has 0 bridgehead atoms. The number of aliphatic hydroxyl groups excluding tert-OH is 1. The van der Waals surface area contributed by atoms with Gasteiger partial charge in [-0.25, -0.2) is 15.4 Å². The van der Waals surface area contributed by atoms with Gasteiger partial charge in [0, 0.05) is 50.8 Å². The minimum atomic E-state index is -1.28. The molecule has 3 N–H and O–H groups in total. The van der Waals surface area contributed by atoms with Gasteiger partial charge in [0.05, 0.1) is 63.3 Å². The van der Waals surface area contributed by atoms with Gasteiger partial charge >= 0.3 is 0 Å². The van der Waals surface area contributed by atoms with Crippen molar-refractivity contribution in [3.05, 3.63) is 161 Å². The van der Waals surface area contributed by atoms with Crippen molar-refractivity contribution in [1.29, 1.82) is 0 Å². The molecule has 0 spiro atoms. The van der Waals surface area contributed by atoms with Crippen molar-refractivity contribution in [2.45, 2.75) is 139 Å². The second-order valence-electron chi connectivity index (χ2n) is 18.7. The number of nitrogens with zero attached hydrogens (tertiary/aromatic N) is 3. The van der Waals surface area contributed by atoms with Gasteiger partial charge < -0.3 is 38.7 Å². The van der Waals surface area contributed by atoms with Crippen LogP contribution in [0.25, 0.3) is 27.4 Å². The molecule has 4 fully saturated rings. The lowest BCUT2D eigenvalue weighted by Crippen LogP contribution is -2.35. The molecule has 4 saturated carbocycles. The highest BCUT2D eigenvalue weighted by Gasteiger charge is 2.41. The summed E-state index contributed by atoms with van der Waals surface area (Å²) in [5.41, 5.74) is 3.45. The van der Waals surface area contributed by atoms with E-state index in [1.54, 1.807) is 54.6 Å². The lowest BCUT2D eigenvalue weighted by atomic mass is 9.78. The standard InChI is InChI=1S/C27H25Cl2FN2O3.C26H26Cl2FNO4/c1-31-14-16-5-8-23(30)20(13-16)27(33)11-9-18(10-12-27)34-15-19-25(32-35-26(19)17-6-7-17)24-21(28)3-2-4-22(24)29;27-20-2-1-3-21(28)23(20)24-18(25(34-30-24)16-5-6-16)14-33-17-8-10-26(32,11-9-17)19-12-15(13-31)4-7-22(19)29/h2-5,8,13,17-18,33H,6-7,9-12,14-15H2;1-4,7,12,16-17,31-32H,5-6,8-11,13-14H2. The Bertz CT molecular complexity index is 2800. The van der Waals surface area contributed by atoms with Crippen LogP contribution in [-0.2, 0) is 47.0 Å². The maximum Gasteiger partial charge on any atom is 0.239 e. The number of rotatable bonds is 14. The summed E-state index contributed by atoms with van der Waals surface area (Å²) < 4.78 is 53.0. The third-order valence-electron chi connectivity index (χ3n) is 13.9. The highest BCUT2D eigenvalue weighted by atomic mass is 35.5. The molecule has 0 saturated heterocycles. The largest absolute Gasteiger partial charge is 0.392 e. The van der Waals surface area contributed by atoms with E-state index in [4.69, 9.17) is 71.5 Å². The van der Waals surface area contributed by atoms with Crippen molar-refractivity contribution < 1.29 is 42.6 Å². The smallest absolute Gasteiger partial charge is 0.239 e. The van der Waals surface area contributed by atoms with Crippen molar-refractivity contribution >= 4 is 46.4 Å². The van der Waals surface area contributed by atoms with E-state index in [-0.39, 0.29) is 36.5 Å². The van der Waals surface area contributed by atoms with E-state index in [2.05, 4.69) is 15.2 Å². The van der Waals surface area contributed by atoms with Crippen molar-refractivity contribution in [2.24, 2.45) is 0 Å². The van der Waals surface area contributed by atoms with E-state index in [0.29, 0.717) is 130 Å². The van der Waals surface area contributed by atoms with E-state index in [0.717, 1.165) is 48.3 Å². The fourth-order valence-corrected chi connectivity index (χ4v) is 10.8. The molecule has 2 aromatic heterocycles. The van der Waals surface area contributed by atoms with Crippen molar-refractivity contribution in [2.75, 3.05) is 0 Å². The molecule has 362 valence electrons. The van der Waals surface area contributed by atoms with Gasteiger partial charge in [-0.15, -0.1) is 0 Å². The molecule has 0 amide bonds. The molecule has 4 aromatic carbocycles. The molecule has 69 heavy (non-hydrogen) atoms. The van der Waals surface area contributed by atoms with Gasteiger partial charge in [-0.05, 0) is 137 Å². The van der Waals surface area contributed by atoms with Crippen molar-refractivity contribution in [3.63, 3.8) is 0 Å². The van der Waals surface area contributed by atoms with Crippen LogP contribution >= 0.6 is 46.4 Å². The normalized spacial score (nSPS) is 22.5. The maximum atomic E-state index is 14.6. The van der Waals surface area contributed by atoms with Gasteiger partial charge in [-0.3, -0.25) is 0 Å². The van der Waals surface area contributed by atoms with Crippen molar-refractivity contribution in [3.8, 4) is 22.5 Å². The van der Waals surface area contributed by atoms with E-state index in [9.17, 15) is 24.1 Å². The Morgan fingerprint density at radius 2 is 1.00 bits per heavy atom. The summed E-state index contributed by atoms with van der Waals surface area (Å²) in [5, 5.41) is 42.4. The number of halogens is 6. The summed E-state index contributed by atoms with van der Waals surface area (Å²) >= 11 is 25.7. The Kier molecular flexibility index (Phi) is 15.2. The molecule has 4 aliphatic rings. The minimum absolute atomic E-state index is 0.0960. The summed E-state index contributed by atoms with van der Waals surface area (Å²) in [6, 6.07) is 19.6. The van der Waals surface area contributed by atoms with Crippen LogP contribution in [0.1, 0.15) is 134 Å². The quantitative estimate of drug-likeness (QED) is 0.0911. The predicted molar refractivity (Wildman–Crippen MR) is 259 cm³/mol. The third kappa shape index (κ3) is 10.9. The van der Waals surface area contributed by atoms with Crippen LogP contribution in [0.4, 0.5) is 8.78 Å². The van der Waals surface area contributed by atoms with Gasteiger partial charge in [-0.2, -0.15) is 0 Å². The number of hydrogen-bond acceptors (Lipinski definition) is 9. The summed E-state index contributed by atoms with van der Waals surface area (Å²) in [7, 11) is 0. The van der Waals surface area contributed by atoms with Gasteiger partial charge in [0.1, 0.15) is 34.5 Å². The van der Waals surface area contributed by atoms with Crippen LogP contribution < -0.4 is 0 Å². The zero-order valence-corrected chi connectivity index (χ0v) is 40.7. The Morgan fingerprint density at radius 3 is 1.38 bits per heavy atom. The number of aliphatic hydroxyl groups is 3. The molecule has 2 heterocycles. The molecule has 0 aliphatic heterocycles. The predicted octanol–water partition coefficient (Wildman–Crippen LogP) is 13.9. The van der Waals surface area contributed by atoms with Crippen LogP contribution in [-0.4, -0.2) is 37.8 Å². The summed E-state index contributed by atoms with van der Waals surface area (Å²) in [4.78, 5) is 3.37. The topological polar surface area (TPSA) is 136 Å². The average Bonchev–Trinajstić information content (AvgIpc) is 4.29. The van der Waals surface area contributed by atoms with Gasteiger partial charge in [0.2, 0.25) is 6.54 Å². The van der Waals surface area contributed by atoms with Gasteiger partial charge in [0.25, 0.3) is 0 Å². The van der Waals surface area contributed by atoms with Crippen LogP contribution in [0.3, 0.4) is 0 Å². The Hall–Kier alpha value is -4.39. The van der Waals surface area contributed by atoms with Crippen LogP contribution in [0.15, 0.2) is 81.8 Å². The van der Waals surface area contributed by atoms with E-state index in [1.165, 1.54) is 18.2 Å². The van der Waals surface area contributed by atoms with Crippen molar-refractivity contribution in [1.82, 2.24) is 10.3 Å². The Labute approximate surface area is 419 Å². The minimum Gasteiger partial charge on any atom is -0.392 e. The molecule has 6 aromatic rings. The molecule has 0 atom stereocenters. The summed E-state index contributed by atoms with van der Waals surface area (Å²) in [5.74, 6) is 1.40. The fraction of sp³-hybridized carbons (Fsp3) is 0.415. The van der Waals surface area contributed by atoms with Crippen LogP contribution in [0, 0.1) is 18.2 Å². The number of benzene rings is 4. The molecule has 10 nitrogen and oxygen atoms in total. The Morgan fingerprint density at radius 1 is 0.609 bits per heavy atom. The SMILES string of the molecule is OCc1ccc(F)c(C2(O)CCC(OCc3c(-c4c(Cl)cccc4Cl)noc3C3CC3)CC2)c1.[C-]#[N+]Cc1ccc(F)c(C2(O)CCC(OCc3c(-c4c(Cl)cccc4Cl)noc3C3CC3)CC2)c1. The number of hydrogen-bond donors (Lipinski definition) is 3. The van der Waals surface area contributed by atoms with E-state index >= 15 is 0 Å². The highest BCUT2D eigenvalue weighted by Crippen LogP contribution is 2.49. The molecule has 0 unspecified atom stereocenters. The second kappa shape index (κ2) is 21.1. The first-order valence-electron chi connectivity index (χ1n) is 23.3. The monoisotopic (exact) mass is 1020 g/mol. The lowest BCUT2D eigenvalue weighted by Gasteiger charge is -2.36. The number of aromatic nitrogens is 2. The zero-order chi connectivity index (χ0) is 48.5. The maximum absolute atomic E-state index is 14.6. The number of ether oxygens (including phenoxy) is 2. The van der Waals surface area contributed by atoms with Crippen LogP contribution in [0.2, 0.25) is 20.1 Å². The first kappa shape index (κ1) is 49.6. The van der Waals surface area contributed by atoms with Gasteiger partial charge in [0.15, 0.2) is 0 Å². The van der Waals surface area contributed by atoms with E-state index < -0.39 is 22.8 Å². The summed E-state index contributed by atoms with van der Waals surface area (Å²) in [6.45, 7) is 7.61. The second-order valence-corrected chi connectivity index (χ2v) is 20.3. The molecular formula is C53H51Cl4F2N3O7. The molecule has 0 radical (unpaired) electrons. The zero-order valence-electron chi connectivity index (χ0n) is 37.6. The summed E-state index contributed by atoms with van der Waals surface area (Å²) in [6.07, 6.45) is 7.79. The van der Waals surface area contributed by atoms with Gasteiger partial charge in [-0.1, -0.05) is 74.9 Å². The average molecular weight is 1020 g/mol. The highest BCUT2D eigenvalue weighted by molar-refractivity contribution is 6.39. The van der Waals surface area contributed by atoms with Crippen LogP contribution in [0.5, 0.6) is 0 Å². The Balaban J connectivity index is 0.000000172.